The van der Waals surface area contributed by atoms with Crippen LogP contribution in [0.5, 0.6) is 0 Å². The van der Waals surface area contributed by atoms with Crippen LogP contribution >= 0.6 is 11.6 Å². The third-order valence-corrected chi connectivity index (χ3v) is 3.32. The van der Waals surface area contributed by atoms with Gasteiger partial charge in [-0.25, -0.2) is 9.97 Å². The molecule has 3 heterocycles. The van der Waals surface area contributed by atoms with E-state index in [0.29, 0.717) is 16.8 Å². The van der Waals surface area contributed by atoms with Crippen LogP contribution in [-0.4, -0.2) is 32.5 Å². The smallest absolute Gasteiger partial charge is 0.135 e. The second-order valence-electron chi connectivity index (χ2n) is 4.83. The minimum absolute atomic E-state index is 0.276. The normalized spacial score (nSPS) is 18.4. The van der Waals surface area contributed by atoms with E-state index in [9.17, 15) is 0 Å². The van der Waals surface area contributed by atoms with Crippen LogP contribution in [0.25, 0.3) is 0 Å². The molecule has 0 bridgehead atoms. The minimum Gasteiger partial charge on any atom is -0.376 e. The predicted octanol–water partition coefficient (Wildman–Crippen LogP) is 2.56. The van der Waals surface area contributed by atoms with E-state index >= 15 is 0 Å². The molecule has 2 aromatic rings. The maximum atomic E-state index is 5.91. The summed E-state index contributed by atoms with van der Waals surface area (Å²) in [6.45, 7) is 3.44. The number of hydrogen-bond acceptors (Lipinski definition) is 5. The summed E-state index contributed by atoms with van der Waals surface area (Å²) in [4.78, 5) is 8.30. The van der Waals surface area contributed by atoms with Crippen molar-refractivity contribution in [2.75, 3.05) is 11.9 Å². The first-order chi connectivity index (χ1) is 9.69. The summed E-state index contributed by atoms with van der Waals surface area (Å²) in [7, 11) is 0. The highest BCUT2D eigenvalue weighted by molar-refractivity contribution is 6.29. The maximum absolute atomic E-state index is 5.91. The number of hydrogen-bond donors (Lipinski definition) is 1. The Bertz CT molecular complexity index is 574. The Hall–Kier alpha value is -1.66. The number of rotatable bonds is 4. The van der Waals surface area contributed by atoms with Crippen molar-refractivity contribution < 1.29 is 4.74 Å². The zero-order valence-corrected chi connectivity index (χ0v) is 12.0. The van der Waals surface area contributed by atoms with Crippen LogP contribution in [0.2, 0.25) is 5.15 Å². The lowest BCUT2D eigenvalue weighted by atomic mass is 10.2. The monoisotopic (exact) mass is 293 g/mol. The predicted molar refractivity (Wildman–Crippen MR) is 76.3 cm³/mol. The number of nitrogens with one attached hydrogen (secondary N) is 1. The second-order valence-corrected chi connectivity index (χ2v) is 5.22. The molecule has 7 heteroatoms. The van der Waals surface area contributed by atoms with E-state index in [1.54, 1.807) is 19.2 Å². The van der Waals surface area contributed by atoms with E-state index in [4.69, 9.17) is 16.3 Å². The Kier molecular flexibility index (Phi) is 3.84. The van der Waals surface area contributed by atoms with Gasteiger partial charge in [0.05, 0.1) is 24.5 Å². The van der Waals surface area contributed by atoms with Crippen molar-refractivity contribution in [2.24, 2.45) is 0 Å². The van der Waals surface area contributed by atoms with Gasteiger partial charge in [0.25, 0.3) is 0 Å². The highest BCUT2D eigenvalue weighted by atomic mass is 35.5. The molecule has 2 aromatic heterocycles. The van der Waals surface area contributed by atoms with E-state index in [1.165, 1.54) is 0 Å². The SMILES string of the molecule is Cc1nc(Cl)cc(Nc2cnn(CC3CCCO3)c2)n1. The molecule has 6 nitrogen and oxygen atoms in total. The van der Waals surface area contributed by atoms with Gasteiger partial charge in [-0.3, -0.25) is 4.68 Å². The first-order valence-electron chi connectivity index (χ1n) is 6.61. The van der Waals surface area contributed by atoms with Crippen LogP contribution in [-0.2, 0) is 11.3 Å². The zero-order valence-electron chi connectivity index (χ0n) is 11.2. The number of anilines is 2. The molecule has 1 aliphatic rings. The van der Waals surface area contributed by atoms with E-state index < -0.39 is 0 Å². The van der Waals surface area contributed by atoms with Gasteiger partial charge in [0, 0.05) is 18.9 Å². The molecule has 20 heavy (non-hydrogen) atoms. The van der Waals surface area contributed by atoms with Crippen molar-refractivity contribution in [2.45, 2.75) is 32.4 Å². The van der Waals surface area contributed by atoms with E-state index in [0.717, 1.165) is 31.7 Å². The molecule has 0 spiro atoms. The molecule has 0 aliphatic carbocycles. The molecule has 1 fully saturated rings. The molecular formula is C13H16ClN5O. The number of ether oxygens (including phenoxy) is 1. The second kappa shape index (κ2) is 5.76. The van der Waals surface area contributed by atoms with Crippen molar-refractivity contribution in [3.63, 3.8) is 0 Å². The van der Waals surface area contributed by atoms with Crippen LogP contribution < -0.4 is 5.32 Å². The molecule has 1 aliphatic heterocycles. The van der Waals surface area contributed by atoms with Crippen molar-refractivity contribution in [3.8, 4) is 0 Å². The van der Waals surface area contributed by atoms with Crippen LogP contribution in [0.1, 0.15) is 18.7 Å². The fraction of sp³-hybridized carbons (Fsp3) is 0.462. The van der Waals surface area contributed by atoms with Crippen molar-refractivity contribution in [3.05, 3.63) is 29.4 Å². The molecule has 0 saturated carbocycles. The fourth-order valence-electron chi connectivity index (χ4n) is 2.27. The first-order valence-corrected chi connectivity index (χ1v) is 6.99. The van der Waals surface area contributed by atoms with Gasteiger partial charge in [0.15, 0.2) is 0 Å². The molecular weight excluding hydrogens is 278 g/mol. The highest BCUT2D eigenvalue weighted by Crippen LogP contribution is 2.18. The summed E-state index contributed by atoms with van der Waals surface area (Å²) in [5.74, 6) is 1.30. The summed E-state index contributed by atoms with van der Waals surface area (Å²) in [6, 6.07) is 1.69. The minimum atomic E-state index is 0.276. The number of aryl methyl sites for hydroxylation is 1. The Balaban J connectivity index is 1.67. The van der Waals surface area contributed by atoms with Crippen LogP contribution in [0.15, 0.2) is 18.5 Å². The number of nitrogens with zero attached hydrogens (tertiary/aromatic N) is 4. The molecule has 1 unspecified atom stereocenters. The van der Waals surface area contributed by atoms with E-state index in [1.807, 2.05) is 10.9 Å². The van der Waals surface area contributed by atoms with Crippen LogP contribution in [0, 0.1) is 6.92 Å². The van der Waals surface area contributed by atoms with Crippen molar-refractivity contribution in [1.29, 1.82) is 0 Å². The van der Waals surface area contributed by atoms with Crippen LogP contribution in [0.4, 0.5) is 11.5 Å². The van der Waals surface area contributed by atoms with Gasteiger partial charge in [-0.05, 0) is 19.8 Å². The topological polar surface area (TPSA) is 64.9 Å². The third-order valence-electron chi connectivity index (χ3n) is 3.13. The lowest BCUT2D eigenvalue weighted by molar-refractivity contribution is 0.0940. The van der Waals surface area contributed by atoms with Crippen LogP contribution in [0.3, 0.4) is 0 Å². The Morgan fingerprint density at radius 1 is 1.50 bits per heavy atom. The molecule has 0 radical (unpaired) electrons. The van der Waals surface area contributed by atoms with Gasteiger partial charge >= 0.3 is 0 Å². The molecule has 0 aromatic carbocycles. The van der Waals surface area contributed by atoms with Crippen molar-refractivity contribution in [1.82, 2.24) is 19.7 Å². The summed E-state index contributed by atoms with van der Waals surface area (Å²) in [6.07, 6.45) is 6.21. The number of aromatic nitrogens is 4. The number of halogens is 1. The quantitative estimate of drug-likeness (QED) is 0.878. The zero-order chi connectivity index (χ0) is 13.9. The summed E-state index contributed by atoms with van der Waals surface area (Å²) >= 11 is 5.91. The fourth-order valence-corrected chi connectivity index (χ4v) is 2.49. The maximum Gasteiger partial charge on any atom is 0.135 e. The van der Waals surface area contributed by atoms with Gasteiger partial charge in [0.1, 0.15) is 16.8 Å². The van der Waals surface area contributed by atoms with Gasteiger partial charge in [-0.2, -0.15) is 5.10 Å². The molecule has 1 N–H and O–H groups in total. The van der Waals surface area contributed by atoms with Gasteiger partial charge < -0.3 is 10.1 Å². The average molecular weight is 294 g/mol. The average Bonchev–Trinajstić information content (AvgIpc) is 3.01. The molecule has 3 rings (SSSR count). The van der Waals surface area contributed by atoms with Crippen molar-refractivity contribution >= 4 is 23.1 Å². The summed E-state index contributed by atoms with van der Waals surface area (Å²) < 4.78 is 7.48. The lowest BCUT2D eigenvalue weighted by Gasteiger charge is -2.08. The first kappa shape index (κ1) is 13.3. The third kappa shape index (κ3) is 3.26. The Morgan fingerprint density at radius 3 is 3.15 bits per heavy atom. The van der Waals surface area contributed by atoms with E-state index in [2.05, 4.69) is 20.4 Å². The molecule has 0 amide bonds. The van der Waals surface area contributed by atoms with Gasteiger partial charge in [-0.1, -0.05) is 11.6 Å². The molecule has 1 saturated heterocycles. The Morgan fingerprint density at radius 2 is 2.40 bits per heavy atom. The van der Waals surface area contributed by atoms with Gasteiger partial charge in [0.2, 0.25) is 0 Å². The largest absolute Gasteiger partial charge is 0.376 e. The molecule has 106 valence electrons. The highest BCUT2D eigenvalue weighted by Gasteiger charge is 2.16. The summed E-state index contributed by atoms with van der Waals surface area (Å²) in [5.41, 5.74) is 0.872. The van der Waals surface area contributed by atoms with E-state index in [-0.39, 0.29) is 6.10 Å². The molecule has 1 atom stereocenters. The standard InChI is InChI=1S/C13H16ClN5O/c1-9-16-12(14)5-13(17-9)18-10-6-15-19(7-10)8-11-3-2-4-20-11/h5-7,11H,2-4,8H2,1H3,(H,16,17,18). The lowest BCUT2D eigenvalue weighted by Crippen LogP contribution is -2.15. The Labute approximate surface area is 122 Å². The van der Waals surface area contributed by atoms with Gasteiger partial charge in [-0.15, -0.1) is 0 Å². The summed E-state index contributed by atoms with van der Waals surface area (Å²) in [5, 5.41) is 7.91.